The maximum Gasteiger partial charge on any atom is 0.266 e. The monoisotopic (exact) mass is 416 g/mol. The standard InChI is InChI=1S/C25H24N2O2S/c1-16(2)18-10-12-22(13-11-18)29-17(3)24(28)27-25-26-23(15-30-25)21-9-8-19-6-4-5-7-20(19)14-21/h4-17H,1-3H3,(H,26,27,28). The molecule has 0 aliphatic carbocycles. The SMILES string of the molecule is CC(Oc1ccc(C(C)C)cc1)C(=O)Nc1nc(-c2ccc3ccccc3c2)cs1. The Hall–Kier alpha value is -3.18. The van der Waals surface area contributed by atoms with Gasteiger partial charge in [0.05, 0.1) is 5.69 Å². The number of nitrogens with one attached hydrogen (secondary N) is 1. The van der Waals surface area contributed by atoms with Crippen LogP contribution < -0.4 is 10.1 Å². The number of rotatable bonds is 6. The van der Waals surface area contributed by atoms with Gasteiger partial charge in [0.25, 0.3) is 5.91 Å². The van der Waals surface area contributed by atoms with E-state index in [2.05, 4.69) is 54.5 Å². The fourth-order valence-electron chi connectivity index (χ4n) is 3.21. The number of benzene rings is 3. The van der Waals surface area contributed by atoms with Crippen molar-refractivity contribution in [3.05, 3.63) is 77.7 Å². The average molecular weight is 417 g/mol. The lowest BCUT2D eigenvalue weighted by Gasteiger charge is -2.14. The van der Waals surface area contributed by atoms with Gasteiger partial charge in [-0.3, -0.25) is 10.1 Å². The number of hydrogen-bond donors (Lipinski definition) is 1. The molecule has 1 heterocycles. The normalized spacial score (nSPS) is 12.1. The molecule has 0 spiro atoms. The fourth-order valence-corrected chi connectivity index (χ4v) is 3.93. The van der Waals surface area contributed by atoms with Gasteiger partial charge < -0.3 is 4.74 Å². The molecule has 152 valence electrons. The quantitative estimate of drug-likeness (QED) is 0.391. The first-order valence-corrected chi connectivity index (χ1v) is 10.9. The molecular formula is C25H24N2O2S. The third kappa shape index (κ3) is 4.52. The molecule has 30 heavy (non-hydrogen) atoms. The minimum Gasteiger partial charge on any atom is -0.481 e. The smallest absolute Gasteiger partial charge is 0.266 e. The van der Waals surface area contributed by atoms with E-state index in [-0.39, 0.29) is 5.91 Å². The summed E-state index contributed by atoms with van der Waals surface area (Å²) in [5.74, 6) is 0.918. The molecule has 4 nitrogen and oxygen atoms in total. The predicted octanol–water partition coefficient (Wildman–Crippen LogP) is 6.49. The van der Waals surface area contributed by atoms with Gasteiger partial charge in [-0.25, -0.2) is 4.98 Å². The van der Waals surface area contributed by atoms with Crippen molar-refractivity contribution in [3.8, 4) is 17.0 Å². The molecule has 0 saturated heterocycles. The molecule has 0 fully saturated rings. The van der Waals surface area contributed by atoms with Gasteiger partial charge >= 0.3 is 0 Å². The summed E-state index contributed by atoms with van der Waals surface area (Å²) in [6.07, 6.45) is -0.622. The third-order valence-corrected chi connectivity index (χ3v) is 5.77. The molecule has 1 unspecified atom stereocenters. The van der Waals surface area contributed by atoms with Gasteiger partial charge in [-0.05, 0) is 47.4 Å². The summed E-state index contributed by atoms with van der Waals surface area (Å²) < 4.78 is 5.79. The number of hydrogen-bond acceptors (Lipinski definition) is 4. The Balaban J connectivity index is 1.41. The predicted molar refractivity (Wildman–Crippen MR) is 124 cm³/mol. The first-order valence-electron chi connectivity index (χ1n) is 10.0. The zero-order chi connectivity index (χ0) is 21.1. The maximum atomic E-state index is 12.5. The van der Waals surface area contributed by atoms with Crippen LogP contribution in [-0.4, -0.2) is 17.0 Å². The lowest BCUT2D eigenvalue weighted by Crippen LogP contribution is -2.30. The Bertz CT molecular complexity index is 1170. The van der Waals surface area contributed by atoms with Gasteiger partial charge in [-0.1, -0.05) is 62.4 Å². The molecule has 4 rings (SSSR count). The zero-order valence-corrected chi connectivity index (χ0v) is 18.1. The van der Waals surface area contributed by atoms with Crippen molar-refractivity contribution < 1.29 is 9.53 Å². The van der Waals surface area contributed by atoms with Crippen LogP contribution in [0.25, 0.3) is 22.0 Å². The van der Waals surface area contributed by atoms with Crippen molar-refractivity contribution in [2.24, 2.45) is 0 Å². The lowest BCUT2D eigenvalue weighted by molar-refractivity contribution is -0.122. The maximum absolute atomic E-state index is 12.5. The Morgan fingerprint density at radius 1 is 0.967 bits per heavy atom. The van der Waals surface area contributed by atoms with Gasteiger partial charge in [-0.2, -0.15) is 0 Å². The van der Waals surface area contributed by atoms with Crippen molar-refractivity contribution in [3.63, 3.8) is 0 Å². The number of thiazole rings is 1. The Kier molecular flexibility index (Phi) is 5.81. The highest BCUT2D eigenvalue weighted by molar-refractivity contribution is 7.14. The van der Waals surface area contributed by atoms with Gasteiger partial charge in [-0.15, -0.1) is 11.3 Å². The highest BCUT2D eigenvalue weighted by Crippen LogP contribution is 2.28. The van der Waals surface area contributed by atoms with Gasteiger partial charge in [0.1, 0.15) is 5.75 Å². The highest BCUT2D eigenvalue weighted by atomic mass is 32.1. The summed E-state index contributed by atoms with van der Waals surface area (Å²) in [6, 6.07) is 22.3. The molecule has 1 aromatic heterocycles. The summed E-state index contributed by atoms with van der Waals surface area (Å²) in [7, 11) is 0. The number of carbonyl (C=O) groups excluding carboxylic acids is 1. The number of aromatic nitrogens is 1. The second kappa shape index (κ2) is 8.67. The van der Waals surface area contributed by atoms with Crippen LogP contribution in [0.4, 0.5) is 5.13 Å². The van der Waals surface area contributed by atoms with E-state index in [1.54, 1.807) is 6.92 Å². The van der Waals surface area contributed by atoms with Gasteiger partial charge in [0.2, 0.25) is 0 Å². The molecule has 1 amide bonds. The first kappa shape index (κ1) is 20.1. The molecule has 0 bridgehead atoms. The average Bonchev–Trinajstić information content (AvgIpc) is 3.22. The van der Waals surface area contributed by atoms with Crippen molar-refractivity contribution in [1.29, 1.82) is 0 Å². The minimum atomic E-state index is -0.622. The summed E-state index contributed by atoms with van der Waals surface area (Å²) in [6.45, 7) is 6.03. The Labute approximate surface area is 180 Å². The highest BCUT2D eigenvalue weighted by Gasteiger charge is 2.17. The molecule has 0 saturated carbocycles. The molecule has 0 aliphatic rings. The van der Waals surface area contributed by atoms with Gasteiger partial charge in [0, 0.05) is 10.9 Å². The van der Waals surface area contributed by atoms with Crippen LogP contribution in [0.3, 0.4) is 0 Å². The molecule has 1 atom stereocenters. The summed E-state index contributed by atoms with van der Waals surface area (Å²) in [5, 5.41) is 7.74. The lowest BCUT2D eigenvalue weighted by atomic mass is 10.0. The van der Waals surface area contributed by atoms with Crippen LogP contribution >= 0.6 is 11.3 Å². The van der Waals surface area contributed by atoms with Crippen molar-refractivity contribution in [2.75, 3.05) is 5.32 Å². The number of anilines is 1. The van der Waals surface area contributed by atoms with E-state index in [1.807, 2.05) is 41.8 Å². The topological polar surface area (TPSA) is 51.2 Å². The van der Waals surface area contributed by atoms with E-state index in [1.165, 1.54) is 27.7 Å². The van der Waals surface area contributed by atoms with E-state index in [0.29, 0.717) is 16.8 Å². The van der Waals surface area contributed by atoms with Gasteiger partial charge in [0.15, 0.2) is 11.2 Å². The molecular weight excluding hydrogens is 392 g/mol. The fraction of sp³-hybridized carbons (Fsp3) is 0.200. The van der Waals surface area contributed by atoms with Crippen molar-refractivity contribution in [2.45, 2.75) is 32.8 Å². The van der Waals surface area contributed by atoms with E-state index >= 15 is 0 Å². The van der Waals surface area contributed by atoms with E-state index in [4.69, 9.17) is 4.74 Å². The van der Waals surface area contributed by atoms with Crippen molar-refractivity contribution >= 4 is 33.1 Å². The number of amides is 1. The van der Waals surface area contributed by atoms with Crippen LogP contribution in [0.1, 0.15) is 32.3 Å². The minimum absolute atomic E-state index is 0.220. The first-order chi connectivity index (χ1) is 14.5. The van der Waals surface area contributed by atoms with Crippen LogP contribution in [0.15, 0.2) is 72.1 Å². The molecule has 0 aliphatic heterocycles. The second-order valence-electron chi connectivity index (χ2n) is 7.57. The number of ether oxygens (including phenoxy) is 1. The molecule has 5 heteroatoms. The Morgan fingerprint density at radius 3 is 2.43 bits per heavy atom. The molecule has 0 radical (unpaired) electrons. The number of fused-ring (bicyclic) bond motifs is 1. The second-order valence-corrected chi connectivity index (χ2v) is 8.43. The van der Waals surface area contributed by atoms with Crippen molar-refractivity contribution in [1.82, 2.24) is 4.98 Å². The summed E-state index contributed by atoms with van der Waals surface area (Å²) in [5.41, 5.74) is 3.11. The molecule has 3 aromatic carbocycles. The number of nitrogens with zero attached hydrogens (tertiary/aromatic N) is 1. The van der Waals surface area contributed by atoms with E-state index < -0.39 is 6.10 Å². The summed E-state index contributed by atoms with van der Waals surface area (Å²) in [4.78, 5) is 17.1. The van der Waals surface area contributed by atoms with Crippen LogP contribution in [0.5, 0.6) is 5.75 Å². The van der Waals surface area contributed by atoms with Crippen LogP contribution in [0.2, 0.25) is 0 Å². The Morgan fingerprint density at radius 2 is 1.70 bits per heavy atom. The largest absolute Gasteiger partial charge is 0.481 e. The zero-order valence-electron chi connectivity index (χ0n) is 17.3. The molecule has 1 N–H and O–H groups in total. The molecule has 4 aromatic rings. The van der Waals surface area contributed by atoms with E-state index in [0.717, 1.165) is 11.3 Å². The summed E-state index contributed by atoms with van der Waals surface area (Å²) >= 11 is 1.41. The van der Waals surface area contributed by atoms with Crippen LogP contribution in [-0.2, 0) is 4.79 Å². The number of carbonyl (C=O) groups is 1. The van der Waals surface area contributed by atoms with E-state index in [9.17, 15) is 4.79 Å². The third-order valence-electron chi connectivity index (χ3n) is 5.01. The van der Waals surface area contributed by atoms with Crippen LogP contribution in [0, 0.1) is 0 Å².